The lowest BCUT2D eigenvalue weighted by molar-refractivity contribution is -0.137. The first-order valence-corrected chi connectivity index (χ1v) is 11.1. The van der Waals surface area contributed by atoms with Gasteiger partial charge in [-0.15, -0.1) is 0 Å². The number of nitrogens with one attached hydrogen (secondary N) is 1. The highest BCUT2D eigenvalue weighted by Gasteiger charge is 2.37. The van der Waals surface area contributed by atoms with E-state index in [2.05, 4.69) is 10.3 Å². The molecule has 1 atom stereocenters. The number of carbonyl (C=O) groups is 1. The van der Waals surface area contributed by atoms with Crippen molar-refractivity contribution >= 4 is 34.2 Å². The van der Waals surface area contributed by atoms with Crippen LogP contribution in [0.4, 0.5) is 18.9 Å². The smallest absolute Gasteiger partial charge is 0.417 e. The third-order valence-corrected chi connectivity index (χ3v) is 5.83. The standard InChI is InChI=1S/C22H16ClF3N4O4S/c1-11-19(21(31)30-13-5-6-29-18(8-13)35(28)32)17(9-14(20(11)23)22(24,25)26)34-15-4-3-12(10-27)7-16(15)33-2/h3-9H,28H2,1-2H3,(H,29,30,31)/t35-/m1/s1. The molecule has 3 rings (SSSR count). The largest absolute Gasteiger partial charge is 0.493 e. The van der Waals surface area contributed by atoms with Crippen LogP contribution in [0.1, 0.15) is 27.0 Å². The van der Waals surface area contributed by atoms with Gasteiger partial charge >= 0.3 is 6.18 Å². The number of methoxy groups -OCH3 is 1. The van der Waals surface area contributed by atoms with Crippen LogP contribution in [0.15, 0.2) is 47.6 Å². The maximum atomic E-state index is 13.6. The summed E-state index contributed by atoms with van der Waals surface area (Å²) in [6.45, 7) is 1.24. The van der Waals surface area contributed by atoms with E-state index >= 15 is 0 Å². The minimum Gasteiger partial charge on any atom is -0.493 e. The Morgan fingerprint density at radius 2 is 1.91 bits per heavy atom. The Morgan fingerprint density at radius 1 is 1.20 bits per heavy atom. The average molecular weight is 525 g/mol. The third-order valence-electron chi connectivity index (χ3n) is 4.71. The van der Waals surface area contributed by atoms with Crippen LogP contribution in [0.3, 0.4) is 0 Å². The van der Waals surface area contributed by atoms with Gasteiger partial charge in [0.1, 0.15) is 21.8 Å². The van der Waals surface area contributed by atoms with E-state index in [4.69, 9.17) is 31.5 Å². The summed E-state index contributed by atoms with van der Waals surface area (Å²) >= 11 is 5.99. The van der Waals surface area contributed by atoms with Crippen molar-refractivity contribution in [1.29, 1.82) is 5.26 Å². The number of ether oxygens (including phenoxy) is 2. The molecule has 0 bridgehead atoms. The fourth-order valence-electron chi connectivity index (χ4n) is 3.06. The molecule has 0 unspecified atom stereocenters. The van der Waals surface area contributed by atoms with Gasteiger partial charge in [-0.2, -0.15) is 18.4 Å². The number of halogens is 4. The topological polar surface area (TPSA) is 127 Å². The van der Waals surface area contributed by atoms with Crippen molar-refractivity contribution in [2.24, 2.45) is 5.14 Å². The summed E-state index contributed by atoms with van der Waals surface area (Å²) in [5.74, 6) is -1.31. The summed E-state index contributed by atoms with van der Waals surface area (Å²) in [6.07, 6.45) is -3.59. The van der Waals surface area contributed by atoms with Gasteiger partial charge in [-0.1, -0.05) is 11.6 Å². The minimum absolute atomic E-state index is 0.0243. The number of nitriles is 1. The molecule has 0 aliphatic heterocycles. The number of carbonyl (C=O) groups excluding carboxylic acids is 1. The molecule has 35 heavy (non-hydrogen) atoms. The lowest BCUT2D eigenvalue weighted by Gasteiger charge is -2.20. The third kappa shape index (κ3) is 5.71. The van der Waals surface area contributed by atoms with Crippen LogP contribution in [0, 0.1) is 18.3 Å². The summed E-state index contributed by atoms with van der Waals surface area (Å²) in [5.41, 5.74) is -1.34. The van der Waals surface area contributed by atoms with E-state index < -0.39 is 39.4 Å². The minimum atomic E-state index is -4.84. The van der Waals surface area contributed by atoms with Crippen molar-refractivity contribution in [2.75, 3.05) is 12.4 Å². The van der Waals surface area contributed by atoms with Crippen LogP contribution in [-0.2, 0) is 17.2 Å². The van der Waals surface area contributed by atoms with Crippen LogP contribution in [0.25, 0.3) is 0 Å². The number of anilines is 1. The van der Waals surface area contributed by atoms with Crippen LogP contribution in [-0.4, -0.2) is 22.2 Å². The Morgan fingerprint density at radius 3 is 2.51 bits per heavy atom. The van der Waals surface area contributed by atoms with Crippen LogP contribution in [0.2, 0.25) is 5.02 Å². The van der Waals surface area contributed by atoms with E-state index in [1.54, 1.807) is 0 Å². The Labute approximate surface area is 205 Å². The highest BCUT2D eigenvalue weighted by Crippen LogP contribution is 2.43. The van der Waals surface area contributed by atoms with Crippen LogP contribution < -0.4 is 19.9 Å². The monoisotopic (exact) mass is 524 g/mol. The van der Waals surface area contributed by atoms with Crippen molar-refractivity contribution in [1.82, 2.24) is 4.98 Å². The zero-order valence-corrected chi connectivity index (χ0v) is 19.6. The van der Waals surface area contributed by atoms with Gasteiger partial charge in [0.25, 0.3) is 5.91 Å². The predicted molar refractivity (Wildman–Crippen MR) is 122 cm³/mol. The lowest BCUT2D eigenvalue weighted by atomic mass is 10.0. The predicted octanol–water partition coefficient (Wildman–Crippen LogP) is 4.97. The number of hydrogen-bond donors (Lipinski definition) is 2. The molecule has 0 saturated heterocycles. The number of hydrogen-bond acceptors (Lipinski definition) is 6. The van der Waals surface area contributed by atoms with Gasteiger partial charge in [0.2, 0.25) is 0 Å². The number of rotatable bonds is 6. The van der Waals surface area contributed by atoms with Crippen LogP contribution >= 0.6 is 11.6 Å². The van der Waals surface area contributed by atoms with Gasteiger partial charge in [0.05, 0.1) is 34.9 Å². The van der Waals surface area contributed by atoms with E-state index in [1.807, 2.05) is 6.07 Å². The summed E-state index contributed by atoms with van der Waals surface area (Å²) in [4.78, 5) is 17.0. The van der Waals surface area contributed by atoms with E-state index in [-0.39, 0.29) is 38.9 Å². The average Bonchev–Trinajstić information content (AvgIpc) is 2.80. The Bertz CT molecular complexity index is 1380. The summed E-state index contributed by atoms with van der Waals surface area (Å²) in [5, 5.41) is 16.2. The molecule has 0 fully saturated rings. The Kier molecular flexibility index (Phi) is 7.64. The summed E-state index contributed by atoms with van der Waals surface area (Å²) in [6, 6.07) is 9.16. The molecule has 8 nitrogen and oxygen atoms in total. The number of nitrogens with two attached hydrogens (primary N) is 1. The maximum Gasteiger partial charge on any atom is 0.417 e. The van der Waals surface area contributed by atoms with E-state index in [0.29, 0.717) is 6.07 Å². The molecule has 1 heterocycles. The van der Waals surface area contributed by atoms with Gasteiger partial charge in [0.15, 0.2) is 11.5 Å². The summed E-state index contributed by atoms with van der Waals surface area (Å²) in [7, 11) is -0.642. The van der Waals surface area contributed by atoms with Gasteiger partial charge in [-0.3, -0.25) is 4.79 Å². The molecule has 1 aromatic heterocycles. The molecule has 2 aromatic carbocycles. The first kappa shape index (κ1) is 26.0. The van der Waals surface area contributed by atoms with Crippen molar-refractivity contribution in [2.45, 2.75) is 18.1 Å². The zero-order valence-electron chi connectivity index (χ0n) is 18.1. The normalized spacial score (nSPS) is 11.9. The summed E-state index contributed by atoms with van der Waals surface area (Å²) < 4.78 is 63.3. The molecule has 0 spiro atoms. The molecule has 3 N–H and O–H groups in total. The van der Waals surface area contributed by atoms with Gasteiger partial charge < -0.3 is 14.8 Å². The fourth-order valence-corrected chi connectivity index (χ4v) is 3.73. The Balaban J connectivity index is 2.14. The van der Waals surface area contributed by atoms with Crippen molar-refractivity contribution in [3.8, 4) is 23.3 Å². The number of benzene rings is 2. The lowest BCUT2D eigenvalue weighted by Crippen LogP contribution is -2.17. The molecular formula is C22H16ClF3N4O4S. The first-order chi connectivity index (χ1) is 16.5. The van der Waals surface area contributed by atoms with Crippen molar-refractivity contribution in [3.63, 3.8) is 0 Å². The van der Waals surface area contributed by atoms with Crippen LogP contribution in [0.5, 0.6) is 17.2 Å². The fraction of sp³-hybridized carbons (Fsp3) is 0.136. The quantitative estimate of drug-likeness (QED) is 0.468. The maximum absolute atomic E-state index is 13.6. The van der Waals surface area contributed by atoms with E-state index in [1.165, 1.54) is 50.6 Å². The van der Waals surface area contributed by atoms with E-state index in [9.17, 15) is 22.2 Å². The SMILES string of the molecule is COc1cc(C#N)ccc1Oc1cc(C(F)(F)F)c(Cl)c(C)c1C(=O)Nc1ccnc([S@](N)=O)c1. The highest BCUT2D eigenvalue weighted by atomic mass is 35.5. The molecule has 13 heteroatoms. The molecular weight excluding hydrogens is 509 g/mol. The second-order valence-electron chi connectivity index (χ2n) is 6.95. The van der Waals surface area contributed by atoms with Gasteiger partial charge in [-0.25, -0.2) is 14.3 Å². The molecule has 3 aromatic rings. The second-order valence-corrected chi connectivity index (χ2v) is 8.34. The molecule has 1 amide bonds. The Hall–Kier alpha value is -3.66. The number of nitrogens with zero attached hydrogens (tertiary/aromatic N) is 2. The molecule has 182 valence electrons. The van der Waals surface area contributed by atoms with Gasteiger partial charge in [-0.05, 0) is 42.8 Å². The molecule has 0 aliphatic rings. The van der Waals surface area contributed by atoms with Gasteiger partial charge in [0, 0.05) is 18.0 Å². The molecule has 0 radical (unpaired) electrons. The molecule has 0 saturated carbocycles. The number of alkyl halides is 3. The molecule has 0 aliphatic carbocycles. The number of pyridine rings is 1. The zero-order chi connectivity index (χ0) is 25.9. The number of amides is 1. The highest BCUT2D eigenvalue weighted by molar-refractivity contribution is 7.82. The van der Waals surface area contributed by atoms with E-state index in [0.717, 1.165) is 0 Å². The number of aromatic nitrogens is 1. The van der Waals surface area contributed by atoms with Crippen molar-refractivity contribution < 1.29 is 31.6 Å². The van der Waals surface area contributed by atoms with Crippen molar-refractivity contribution in [3.05, 3.63) is 69.9 Å². The first-order valence-electron chi connectivity index (χ1n) is 9.56. The second kappa shape index (κ2) is 10.3.